The van der Waals surface area contributed by atoms with Gasteiger partial charge >= 0.3 is 0 Å². The third-order valence-electron chi connectivity index (χ3n) is 2.85. The molecule has 0 radical (unpaired) electrons. The molecule has 0 amide bonds. The maximum Gasteiger partial charge on any atom is 0.0980 e. The summed E-state index contributed by atoms with van der Waals surface area (Å²) in [7, 11) is 0. The quantitative estimate of drug-likeness (QED) is 0.696. The summed E-state index contributed by atoms with van der Waals surface area (Å²) in [5.74, 6) is 0. The smallest absolute Gasteiger partial charge is 0.0980 e. The molecular weight excluding hydrogens is 341 g/mol. The fourth-order valence-corrected chi connectivity index (χ4v) is 3.44. The fourth-order valence-electron chi connectivity index (χ4n) is 1.99. The van der Waals surface area contributed by atoms with Crippen molar-refractivity contribution >= 4 is 50.2 Å². The molecule has 1 aliphatic heterocycles. The first-order valence-corrected chi connectivity index (χ1v) is 7.59. The zero-order chi connectivity index (χ0) is 11.8. The molecule has 0 N–H and O–H groups in total. The van der Waals surface area contributed by atoms with Gasteiger partial charge in [-0.05, 0) is 51.6 Å². The Labute approximate surface area is 119 Å². The van der Waals surface area contributed by atoms with Gasteiger partial charge in [0.15, 0.2) is 0 Å². The van der Waals surface area contributed by atoms with Crippen molar-refractivity contribution in [3.63, 3.8) is 0 Å². The van der Waals surface area contributed by atoms with Crippen molar-refractivity contribution in [3.05, 3.63) is 45.5 Å². The minimum Gasteiger partial charge on any atom is -0.277 e. The Morgan fingerprint density at radius 3 is 2.76 bits per heavy atom. The third-order valence-corrected chi connectivity index (χ3v) is 4.66. The monoisotopic (exact) mass is 353 g/mol. The van der Waals surface area contributed by atoms with Crippen LogP contribution in [-0.2, 0) is 0 Å². The summed E-state index contributed by atoms with van der Waals surface area (Å²) >= 11 is 4.24. The van der Waals surface area contributed by atoms with Gasteiger partial charge < -0.3 is 0 Å². The molecule has 1 atom stereocenters. The second kappa shape index (κ2) is 4.61. The summed E-state index contributed by atoms with van der Waals surface area (Å²) in [4.78, 5) is 4.59. The minimum atomic E-state index is 0.622. The first kappa shape index (κ1) is 11.5. The summed E-state index contributed by atoms with van der Waals surface area (Å²) in [6.45, 7) is 3.18. The van der Waals surface area contributed by atoms with E-state index in [1.54, 1.807) is 0 Å². The van der Waals surface area contributed by atoms with Crippen LogP contribution in [0.5, 0.6) is 0 Å². The molecule has 17 heavy (non-hydrogen) atoms. The van der Waals surface area contributed by atoms with Crippen molar-refractivity contribution in [3.8, 4) is 0 Å². The molecule has 0 saturated carbocycles. The number of aliphatic imine (C=N–C) groups is 1. The van der Waals surface area contributed by atoms with Crippen LogP contribution in [-0.4, -0.2) is 16.8 Å². The number of nitrogens with zero attached hydrogens (tertiary/aromatic N) is 1. The molecule has 0 bridgehead atoms. The molecule has 1 aliphatic rings. The van der Waals surface area contributed by atoms with E-state index in [0.717, 1.165) is 6.54 Å². The van der Waals surface area contributed by atoms with Crippen molar-refractivity contribution in [2.24, 2.45) is 4.99 Å². The lowest BCUT2D eigenvalue weighted by atomic mass is 10.1. The molecule has 1 heterocycles. The number of hydrogen-bond acceptors (Lipinski definition) is 2. The maximum atomic E-state index is 4.59. The third kappa shape index (κ3) is 2.36. The summed E-state index contributed by atoms with van der Waals surface area (Å²) < 4.78 is 1.28. The van der Waals surface area contributed by atoms with Crippen molar-refractivity contribution in [2.45, 2.75) is 12.2 Å². The van der Waals surface area contributed by atoms with Crippen LogP contribution in [0.25, 0.3) is 10.8 Å². The lowest BCUT2D eigenvalue weighted by molar-refractivity contribution is 0.976. The van der Waals surface area contributed by atoms with E-state index < -0.39 is 0 Å². The molecule has 3 rings (SSSR count). The van der Waals surface area contributed by atoms with Crippen LogP contribution in [0.15, 0.2) is 41.4 Å². The zero-order valence-corrected chi connectivity index (χ0v) is 12.5. The largest absolute Gasteiger partial charge is 0.277 e. The first-order valence-electron chi connectivity index (χ1n) is 5.63. The Hall–Kier alpha value is -0.550. The maximum absolute atomic E-state index is 4.59. The second-order valence-electron chi connectivity index (χ2n) is 4.28. The van der Waals surface area contributed by atoms with E-state index in [4.69, 9.17) is 0 Å². The Balaban J connectivity index is 2.07. The van der Waals surface area contributed by atoms with Gasteiger partial charge in [0.05, 0.1) is 11.6 Å². The van der Waals surface area contributed by atoms with E-state index in [9.17, 15) is 0 Å². The van der Waals surface area contributed by atoms with Gasteiger partial charge in [-0.3, -0.25) is 4.99 Å². The molecule has 0 saturated heterocycles. The van der Waals surface area contributed by atoms with Crippen LogP contribution in [0.2, 0.25) is 0 Å². The highest BCUT2D eigenvalue weighted by Crippen LogP contribution is 2.27. The van der Waals surface area contributed by atoms with E-state index >= 15 is 0 Å². The van der Waals surface area contributed by atoms with E-state index in [1.165, 1.54) is 24.9 Å². The van der Waals surface area contributed by atoms with Crippen molar-refractivity contribution in [1.82, 2.24) is 0 Å². The number of rotatable bonds is 1. The minimum absolute atomic E-state index is 0.622. The van der Waals surface area contributed by atoms with E-state index in [0.29, 0.717) is 5.25 Å². The summed E-state index contributed by atoms with van der Waals surface area (Å²) in [5.41, 5.74) is 1.26. The predicted octanol–water partition coefficient (Wildman–Crippen LogP) is 4.33. The van der Waals surface area contributed by atoms with Gasteiger partial charge in [-0.15, -0.1) is 11.8 Å². The number of hydrogen-bond donors (Lipinski definition) is 0. The molecule has 2 aromatic carbocycles. The Morgan fingerprint density at radius 1 is 1.18 bits per heavy atom. The molecule has 86 valence electrons. The molecule has 1 unspecified atom stereocenters. The lowest BCUT2D eigenvalue weighted by Crippen LogP contribution is -1.95. The van der Waals surface area contributed by atoms with Gasteiger partial charge in [0.1, 0.15) is 0 Å². The number of thioether (sulfide) groups is 1. The Kier molecular flexibility index (Phi) is 3.13. The van der Waals surface area contributed by atoms with Gasteiger partial charge in [-0.2, -0.15) is 0 Å². The Morgan fingerprint density at radius 2 is 2.00 bits per heavy atom. The summed E-state index contributed by atoms with van der Waals surface area (Å²) in [6.07, 6.45) is 0. The van der Waals surface area contributed by atoms with Crippen LogP contribution in [0.1, 0.15) is 12.5 Å². The summed E-state index contributed by atoms with van der Waals surface area (Å²) in [6, 6.07) is 13.2. The van der Waals surface area contributed by atoms with Crippen LogP contribution in [0.3, 0.4) is 0 Å². The SMILES string of the molecule is CC1CN=C(c2ccc3ccc(I)cc3c2)S1. The molecule has 0 aromatic heterocycles. The van der Waals surface area contributed by atoms with Gasteiger partial charge in [0.25, 0.3) is 0 Å². The Bertz CT molecular complexity index is 606. The average molecular weight is 353 g/mol. The molecule has 3 heteroatoms. The highest BCUT2D eigenvalue weighted by atomic mass is 127. The summed E-state index contributed by atoms with van der Waals surface area (Å²) in [5, 5.41) is 4.41. The number of fused-ring (bicyclic) bond motifs is 1. The van der Waals surface area contributed by atoms with Crippen molar-refractivity contribution in [1.29, 1.82) is 0 Å². The topological polar surface area (TPSA) is 12.4 Å². The fraction of sp³-hybridized carbons (Fsp3) is 0.214. The zero-order valence-electron chi connectivity index (χ0n) is 9.48. The van der Waals surface area contributed by atoms with Crippen LogP contribution in [0.4, 0.5) is 0 Å². The van der Waals surface area contributed by atoms with Gasteiger partial charge in [0.2, 0.25) is 0 Å². The molecule has 0 aliphatic carbocycles. The van der Waals surface area contributed by atoms with Gasteiger partial charge in [0, 0.05) is 14.4 Å². The van der Waals surface area contributed by atoms with E-state index in [2.05, 4.69) is 70.9 Å². The lowest BCUT2D eigenvalue weighted by Gasteiger charge is -2.04. The molecule has 1 nitrogen and oxygen atoms in total. The van der Waals surface area contributed by atoms with Crippen molar-refractivity contribution < 1.29 is 0 Å². The van der Waals surface area contributed by atoms with E-state index in [-0.39, 0.29) is 0 Å². The number of halogens is 1. The normalized spacial score (nSPS) is 19.6. The highest BCUT2D eigenvalue weighted by molar-refractivity contribution is 14.1. The first-order chi connectivity index (χ1) is 8.22. The molecule has 0 fully saturated rings. The second-order valence-corrected chi connectivity index (χ2v) is 6.95. The highest BCUT2D eigenvalue weighted by Gasteiger charge is 2.16. The van der Waals surface area contributed by atoms with Gasteiger partial charge in [-0.1, -0.05) is 25.1 Å². The van der Waals surface area contributed by atoms with Gasteiger partial charge in [-0.25, -0.2) is 0 Å². The average Bonchev–Trinajstić information content (AvgIpc) is 2.75. The molecule has 2 aromatic rings. The van der Waals surface area contributed by atoms with E-state index in [1.807, 2.05) is 11.8 Å². The van der Waals surface area contributed by atoms with Crippen molar-refractivity contribution in [2.75, 3.05) is 6.54 Å². The van der Waals surface area contributed by atoms with Crippen LogP contribution >= 0.6 is 34.4 Å². The number of benzene rings is 2. The predicted molar refractivity (Wildman–Crippen MR) is 85.1 cm³/mol. The van der Waals surface area contributed by atoms with Crippen LogP contribution < -0.4 is 0 Å². The molecular formula is C14H12INS. The van der Waals surface area contributed by atoms with Crippen LogP contribution in [0, 0.1) is 3.57 Å². The standard InChI is InChI=1S/C14H12INS/c1-9-8-16-14(17-9)11-3-2-10-4-5-13(15)7-12(10)6-11/h2-7,9H,8H2,1H3. The molecule has 0 spiro atoms.